The van der Waals surface area contributed by atoms with Crippen molar-refractivity contribution in [1.82, 2.24) is 4.90 Å². The molecule has 170 valence electrons. The molecule has 5 heteroatoms. The summed E-state index contributed by atoms with van der Waals surface area (Å²) in [7, 11) is -1.81. The first-order valence-electron chi connectivity index (χ1n) is 11.0. The highest BCUT2D eigenvalue weighted by Gasteiger charge is 2.37. The monoisotopic (exact) mass is 441 g/mol. The molecule has 0 atom stereocenters. The lowest BCUT2D eigenvalue weighted by molar-refractivity contribution is 0.0954. The van der Waals surface area contributed by atoms with Crippen LogP contribution in [-0.2, 0) is 17.6 Å². The molecule has 4 nitrogen and oxygen atoms in total. The van der Waals surface area contributed by atoms with Crippen LogP contribution in [0, 0.1) is 6.92 Å². The lowest BCUT2D eigenvalue weighted by Gasteiger charge is -2.36. The molecule has 0 spiro atoms. The third-order valence-electron chi connectivity index (χ3n) is 6.46. The minimum Gasteiger partial charge on any atom is -0.465 e. The topological polar surface area (TPSA) is 49.8 Å². The fourth-order valence-electron chi connectivity index (χ4n) is 3.24. The van der Waals surface area contributed by atoms with Gasteiger partial charge in [0, 0.05) is 12.1 Å². The van der Waals surface area contributed by atoms with Crippen LogP contribution in [0.2, 0.25) is 18.1 Å². The summed E-state index contributed by atoms with van der Waals surface area (Å²) in [4.78, 5) is 13.3. The molecule has 2 rings (SSSR count). The molecular formula is C26H39NO3Si. The van der Waals surface area contributed by atoms with Crippen molar-refractivity contribution in [1.29, 1.82) is 0 Å². The van der Waals surface area contributed by atoms with Crippen LogP contribution in [-0.4, -0.2) is 30.0 Å². The molecule has 0 aliphatic carbocycles. The van der Waals surface area contributed by atoms with Crippen molar-refractivity contribution in [3.63, 3.8) is 0 Å². The number of benzene rings is 2. The number of hydrogen-bond donors (Lipinski definition) is 1. The van der Waals surface area contributed by atoms with E-state index in [1.54, 1.807) is 0 Å². The van der Waals surface area contributed by atoms with Crippen molar-refractivity contribution in [3.05, 3.63) is 59.2 Å². The highest BCUT2D eigenvalue weighted by atomic mass is 28.4. The van der Waals surface area contributed by atoms with Gasteiger partial charge in [0.2, 0.25) is 0 Å². The van der Waals surface area contributed by atoms with Crippen LogP contribution in [0.3, 0.4) is 0 Å². The zero-order valence-electron chi connectivity index (χ0n) is 20.7. The lowest BCUT2D eigenvalue weighted by Crippen LogP contribution is -2.44. The van der Waals surface area contributed by atoms with Gasteiger partial charge in [0.25, 0.3) is 0 Å². The highest BCUT2D eigenvalue weighted by Crippen LogP contribution is 2.37. The smallest absolute Gasteiger partial charge is 0.408 e. The Bertz CT molecular complexity index is 923. The molecule has 0 aliphatic heterocycles. The number of carbonyl (C=O) groups is 1. The summed E-state index contributed by atoms with van der Waals surface area (Å²) in [6, 6.07) is 14.6. The van der Waals surface area contributed by atoms with Gasteiger partial charge in [-0.1, -0.05) is 57.2 Å². The van der Waals surface area contributed by atoms with Gasteiger partial charge < -0.3 is 9.53 Å². The van der Waals surface area contributed by atoms with Gasteiger partial charge in [0.05, 0.1) is 6.61 Å². The van der Waals surface area contributed by atoms with Gasteiger partial charge in [-0.3, -0.25) is 4.90 Å². The first kappa shape index (κ1) is 25.2. The molecule has 0 aliphatic rings. The van der Waals surface area contributed by atoms with E-state index < -0.39 is 19.9 Å². The summed E-state index contributed by atoms with van der Waals surface area (Å²) >= 11 is 0. The first-order chi connectivity index (χ1) is 14.1. The maximum atomic E-state index is 11.8. The second-order valence-electron chi connectivity index (χ2n) is 10.9. The number of carboxylic acid groups (broad SMARTS) is 1. The quantitative estimate of drug-likeness (QED) is 0.473. The van der Waals surface area contributed by atoms with Crippen molar-refractivity contribution in [2.24, 2.45) is 0 Å². The van der Waals surface area contributed by atoms with E-state index in [-0.39, 0.29) is 5.04 Å². The fourth-order valence-corrected chi connectivity index (χ4v) is 4.20. The molecular weight excluding hydrogens is 402 g/mol. The lowest BCUT2D eigenvalue weighted by atomic mass is 9.94. The number of hydrogen-bond acceptors (Lipinski definition) is 2. The van der Waals surface area contributed by atoms with Gasteiger partial charge in [-0.05, 0) is 79.7 Å². The molecule has 0 aromatic heterocycles. The number of nitrogens with zero attached hydrogens (tertiary/aromatic N) is 1. The summed E-state index contributed by atoms with van der Waals surface area (Å²) in [5.74, 6) is 0. The summed E-state index contributed by atoms with van der Waals surface area (Å²) in [5, 5.41) is 9.86. The Kier molecular flexibility index (Phi) is 7.44. The minimum absolute atomic E-state index is 0.179. The van der Waals surface area contributed by atoms with Crippen LogP contribution in [0.5, 0.6) is 0 Å². The van der Waals surface area contributed by atoms with Crippen LogP contribution in [0.25, 0.3) is 11.1 Å². The normalized spacial score (nSPS) is 12.7. The Morgan fingerprint density at radius 2 is 1.65 bits per heavy atom. The zero-order valence-corrected chi connectivity index (χ0v) is 21.7. The molecule has 0 fully saturated rings. The average molecular weight is 442 g/mol. The van der Waals surface area contributed by atoms with E-state index in [2.05, 4.69) is 71.1 Å². The van der Waals surface area contributed by atoms with Crippen molar-refractivity contribution in [2.45, 2.75) is 85.3 Å². The average Bonchev–Trinajstić information content (AvgIpc) is 2.63. The molecule has 0 saturated heterocycles. The van der Waals surface area contributed by atoms with E-state index >= 15 is 0 Å². The van der Waals surface area contributed by atoms with E-state index in [9.17, 15) is 9.90 Å². The molecule has 0 bridgehead atoms. The van der Waals surface area contributed by atoms with E-state index in [0.717, 1.165) is 27.8 Å². The Balaban J connectivity index is 2.31. The van der Waals surface area contributed by atoms with Gasteiger partial charge in [-0.15, -0.1) is 0 Å². The van der Waals surface area contributed by atoms with Crippen LogP contribution in [0.15, 0.2) is 42.5 Å². The molecule has 2 aromatic rings. The Labute approximate surface area is 189 Å². The standard InChI is InChI=1S/C26H39NO3Si/c1-19-22(17-27(24(28)29)25(2,3)4)14-11-15-23(19)21-13-10-12-20(16-21)18-30-31(8,9)26(5,6)7/h10-16H,17-18H2,1-9H3,(H,28,29). The Morgan fingerprint density at radius 1 is 1.03 bits per heavy atom. The van der Waals surface area contributed by atoms with Gasteiger partial charge in [-0.25, -0.2) is 4.79 Å². The summed E-state index contributed by atoms with van der Waals surface area (Å²) in [5.41, 5.74) is 5.10. The molecule has 0 heterocycles. The zero-order chi connectivity index (χ0) is 23.6. The SMILES string of the molecule is Cc1c(CN(C(=O)O)C(C)(C)C)cccc1-c1cccc(CO[Si](C)(C)C(C)(C)C)c1. The Hall–Kier alpha value is -2.11. The minimum atomic E-state index is -1.81. The molecule has 0 unspecified atom stereocenters. The van der Waals surface area contributed by atoms with Crippen molar-refractivity contribution >= 4 is 14.4 Å². The van der Waals surface area contributed by atoms with Gasteiger partial charge in [0.15, 0.2) is 8.32 Å². The molecule has 0 radical (unpaired) electrons. The van der Waals surface area contributed by atoms with Crippen molar-refractivity contribution < 1.29 is 14.3 Å². The molecule has 1 amide bonds. The van der Waals surface area contributed by atoms with E-state index in [1.807, 2.05) is 32.9 Å². The summed E-state index contributed by atoms with van der Waals surface area (Å²) in [6.07, 6.45) is -0.901. The second-order valence-corrected chi connectivity index (χ2v) is 15.7. The maximum Gasteiger partial charge on any atom is 0.408 e. The summed E-state index contributed by atoms with van der Waals surface area (Å²) in [6.45, 7) is 20.1. The molecule has 1 N–H and O–H groups in total. The Morgan fingerprint density at radius 3 is 2.19 bits per heavy atom. The maximum absolute atomic E-state index is 11.8. The predicted octanol–water partition coefficient (Wildman–Crippen LogP) is 7.46. The van der Waals surface area contributed by atoms with Crippen molar-refractivity contribution in [2.75, 3.05) is 0 Å². The van der Waals surface area contributed by atoms with E-state index in [1.165, 1.54) is 4.90 Å². The largest absolute Gasteiger partial charge is 0.465 e. The third kappa shape index (κ3) is 6.20. The first-order valence-corrected chi connectivity index (χ1v) is 13.9. The van der Waals surface area contributed by atoms with Crippen LogP contribution < -0.4 is 0 Å². The molecule has 2 aromatic carbocycles. The number of rotatable bonds is 6. The van der Waals surface area contributed by atoms with E-state index in [0.29, 0.717) is 13.2 Å². The highest BCUT2D eigenvalue weighted by molar-refractivity contribution is 6.74. The van der Waals surface area contributed by atoms with Crippen LogP contribution in [0.1, 0.15) is 58.2 Å². The molecule has 31 heavy (non-hydrogen) atoms. The van der Waals surface area contributed by atoms with Gasteiger partial charge in [0.1, 0.15) is 0 Å². The third-order valence-corrected chi connectivity index (χ3v) is 10.9. The molecule has 0 saturated carbocycles. The van der Waals surface area contributed by atoms with E-state index in [4.69, 9.17) is 4.43 Å². The van der Waals surface area contributed by atoms with Crippen LogP contribution >= 0.6 is 0 Å². The van der Waals surface area contributed by atoms with Gasteiger partial charge >= 0.3 is 6.09 Å². The predicted molar refractivity (Wildman–Crippen MR) is 132 cm³/mol. The van der Waals surface area contributed by atoms with Crippen molar-refractivity contribution in [3.8, 4) is 11.1 Å². The van der Waals surface area contributed by atoms with Crippen LogP contribution in [0.4, 0.5) is 4.79 Å². The summed E-state index contributed by atoms with van der Waals surface area (Å²) < 4.78 is 6.41. The fraction of sp³-hybridized carbons (Fsp3) is 0.500. The second kappa shape index (κ2) is 9.17. The van der Waals surface area contributed by atoms with Gasteiger partial charge in [-0.2, -0.15) is 0 Å². The number of amides is 1.